The Labute approximate surface area is 133 Å². The highest BCUT2D eigenvalue weighted by molar-refractivity contribution is 9.10. The standard InChI is InChI=1S/C17H18BrNO2/c1-12-4-6-13(7-5-12)11-19(2)17(20)15-10-14(21-3)8-9-16(15)18/h4-10H,11H2,1-3H3. The van der Waals surface area contributed by atoms with Crippen LogP contribution in [0.3, 0.4) is 0 Å². The van der Waals surface area contributed by atoms with Gasteiger partial charge in [-0.25, -0.2) is 0 Å². The molecule has 4 heteroatoms. The van der Waals surface area contributed by atoms with Crippen LogP contribution in [-0.4, -0.2) is 25.0 Å². The number of carbonyl (C=O) groups is 1. The van der Waals surface area contributed by atoms with Crippen molar-refractivity contribution in [3.63, 3.8) is 0 Å². The van der Waals surface area contributed by atoms with Crippen LogP contribution < -0.4 is 4.74 Å². The maximum Gasteiger partial charge on any atom is 0.255 e. The molecule has 0 radical (unpaired) electrons. The monoisotopic (exact) mass is 347 g/mol. The van der Waals surface area contributed by atoms with Crippen LogP contribution in [0.15, 0.2) is 46.9 Å². The average Bonchev–Trinajstić information content (AvgIpc) is 2.49. The van der Waals surface area contributed by atoms with Crippen LogP contribution in [0, 0.1) is 6.92 Å². The Bertz CT molecular complexity index is 638. The molecule has 0 aliphatic heterocycles. The lowest BCUT2D eigenvalue weighted by Crippen LogP contribution is -2.26. The van der Waals surface area contributed by atoms with Gasteiger partial charge in [0, 0.05) is 18.1 Å². The zero-order valence-electron chi connectivity index (χ0n) is 12.4. The molecule has 0 N–H and O–H groups in total. The van der Waals surface area contributed by atoms with E-state index in [-0.39, 0.29) is 5.91 Å². The molecule has 0 spiro atoms. The maximum atomic E-state index is 12.5. The summed E-state index contributed by atoms with van der Waals surface area (Å²) in [5, 5.41) is 0. The molecule has 2 rings (SSSR count). The third kappa shape index (κ3) is 3.85. The molecule has 0 fully saturated rings. The second kappa shape index (κ2) is 6.76. The van der Waals surface area contributed by atoms with Gasteiger partial charge in [0.15, 0.2) is 0 Å². The van der Waals surface area contributed by atoms with Crippen LogP contribution in [0.1, 0.15) is 21.5 Å². The summed E-state index contributed by atoms with van der Waals surface area (Å²) in [5.74, 6) is 0.631. The van der Waals surface area contributed by atoms with Gasteiger partial charge >= 0.3 is 0 Å². The molecule has 0 heterocycles. The Morgan fingerprint density at radius 3 is 2.48 bits per heavy atom. The predicted molar refractivity (Wildman–Crippen MR) is 87.7 cm³/mol. The van der Waals surface area contributed by atoms with E-state index < -0.39 is 0 Å². The molecule has 0 atom stereocenters. The summed E-state index contributed by atoms with van der Waals surface area (Å²) < 4.78 is 5.95. The van der Waals surface area contributed by atoms with E-state index in [1.54, 1.807) is 25.1 Å². The largest absolute Gasteiger partial charge is 0.497 e. The molecule has 0 aromatic heterocycles. The molecule has 2 aromatic rings. The molecular formula is C17H18BrNO2. The number of amides is 1. The highest BCUT2D eigenvalue weighted by atomic mass is 79.9. The first-order valence-corrected chi connectivity index (χ1v) is 7.45. The maximum absolute atomic E-state index is 12.5. The summed E-state index contributed by atoms with van der Waals surface area (Å²) >= 11 is 3.42. The lowest BCUT2D eigenvalue weighted by Gasteiger charge is -2.18. The van der Waals surface area contributed by atoms with Crippen LogP contribution in [0.2, 0.25) is 0 Å². The normalized spacial score (nSPS) is 10.3. The molecule has 110 valence electrons. The average molecular weight is 348 g/mol. The molecule has 3 nitrogen and oxygen atoms in total. The molecule has 0 saturated carbocycles. The van der Waals surface area contributed by atoms with E-state index in [1.807, 2.05) is 31.2 Å². The van der Waals surface area contributed by atoms with Gasteiger partial charge in [-0.05, 0) is 46.6 Å². The predicted octanol–water partition coefficient (Wildman–Crippen LogP) is 4.04. The molecule has 1 amide bonds. The van der Waals surface area contributed by atoms with E-state index in [0.717, 1.165) is 10.0 Å². The van der Waals surface area contributed by atoms with E-state index >= 15 is 0 Å². The zero-order chi connectivity index (χ0) is 15.4. The van der Waals surface area contributed by atoms with Crippen molar-refractivity contribution in [1.82, 2.24) is 4.90 Å². The second-order valence-corrected chi connectivity index (χ2v) is 5.85. The van der Waals surface area contributed by atoms with Gasteiger partial charge in [-0.1, -0.05) is 29.8 Å². The van der Waals surface area contributed by atoms with E-state index in [1.165, 1.54) is 5.56 Å². The van der Waals surface area contributed by atoms with Crippen molar-refractivity contribution >= 4 is 21.8 Å². The van der Waals surface area contributed by atoms with Crippen molar-refractivity contribution in [2.75, 3.05) is 14.2 Å². The number of benzene rings is 2. The number of carbonyl (C=O) groups excluding carboxylic acids is 1. The fourth-order valence-corrected chi connectivity index (χ4v) is 2.46. The highest BCUT2D eigenvalue weighted by Gasteiger charge is 2.16. The van der Waals surface area contributed by atoms with Crippen molar-refractivity contribution in [3.05, 3.63) is 63.6 Å². The molecule has 0 unspecified atom stereocenters. The number of methoxy groups -OCH3 is 1. The van der Waals surface area contributed by atoms with Crippen LogP contribution in [0.4, 0.5) is 0 Å². The summed E-state index contributed by atoms with van der Waals surface area (Å²) in [7, 11) is 3.39. The number of hydrogen-bond acceptors (Lipinski definition) is 2. The Morgan fingerprint density at radius 2 is 1.86 bits per heavy atom. The number of ether oxygens (including phenoxy) is 1. The van der Waals surface area contributed by atoms with Crippen LogP contribution in [0.5, 0.6) is 5.75 Å². The second-order valence-electron chi connectivity index (χ2n) is 4.99. The van der Waals surface area contributed by atoms with E-state index in [9.17, 15) is 4.79 Å². The molecular weight excluding hydrogens is 330 g/mol. The highest BCUT2D eigenvalue weighted by Crippen LogP contribution is 2.24. The molecule has 0 aliphatic carbocycles. The van der Waals surface area contributed by atoms with Crippen molar-refractivity contribution in [3.8, 4) is 5.75 Å². The van der Waals surface area contributed by atoms with Gasteiger partial charge in [-0.15, -0.1) is 0 Å². The van der Waals surface area contributed by atoms with Crippen molar-refractivity contribution in [2.24, 2.45) is 0 Å². The van der Waals surface area contributed by atoms with E-state index in [4.69, 9.17) is 4.74 Å². The Kier molecular flexibility index (Phi) is 5.02. The first-order valence-electron chi connectivity index (χ1n) is 6.66. The van der Waals surface area contributed by atoms with Crippen LogP contribution in [0.25, 0.3) is 0 Å². The smallest absolute Gasteiger partial charge is 0.255 e. The number of nitrogens with zero attached hydrogens (tertiary/aromatic N) is 1. The lowest BCUT2D eigenvalue weighted by atomic mass is 10.1. The minimum Gasteiger partial charge on any atom is -0.497 e. The minimum atomic E-state index is -0.0404. The summed E-state index contributed by atoms with van der Waals surface area (Å²) in [6, 6.07) is 13.6. The number of halogens is 1. The van der Waals surface area contributed by atoms with E-state index in [0.29, 0.717) is 17.9 Å². The molecule has 0 saturated heterocycles. The molecule has 2 aromatic carbocycles. The Hall–Kier alpha value is -1.81. The van der Waals surface area contributed by atoms with Gasteiger partial charge in [0.2, 0.25) is 0 Å². The van der Waals surface area contributed by atoms with Gasteiger partial charge in [0.25, 0.3) is 5.91 Å². The Morgan fingerprint density at radius 1 is 1.19 bits per heavy atom. The lowest BCUT2D eigenvalue weighted by molar-refractivity contribution is 0.0784. The third-order valence-corrected chi connectivity index (χ3v) is 3.98. The van der Waals surface area contributed by atoms with Crippen LogP contribution >= 0.6 is 15.9 Å². The quantitative estimate of drug-likeness (QED) is 0.835. The first-order chi connectivity index (χ1) is 10.0. The summed E-state index contributed by atoms with van der Waals surface area (Å²) in [6.45, 7) is 2.62. The Balaban J connectivity index is 2.17. The third-order valence-electron chi connectivity index (χ3n) is 3.29. The van der Waals surface area contributed by atoms with Crippen LogP contribution in [-0.2, 0) is 6.54 Å². The minimum absolute atomic E-state index is 0.0404. The van der Waals surface area contributed by atoms with Crippen molar-refractivity contribution in [1.29, 1.82) is 0 Å². The molecule has 0 aliphatic rings. The SMILES string of the molecule is COc1ccc(Br)c(C(=O)N(C)Cc2ccc(C)cc2)c1. The fraction of sp³-hybridized carbons (Fsp3) is 0.235. The summed E-state index contributed by atoms with van der Waals surface area (Å²) in [5.41, 5.74) is 2.92. The number of rotatable bonds is 4. The summed E-state index contributed by atoms with van der Waals surface area (Å²) in [6.07, 6.45) is 0. The number of aryl methyl sites for hydroxylation is 1. The van der Waals surface area contributed by atoms with Gasteiger partial charge < -0.3 is 9.64 Å². The van der Waals surface area contributed by atoms with Gasteiger partial charge in [-0.3, -0.25) is 4.79 Å². The van der Waals surface area contributed by atoms with Gasteiger partial charge in [0.05, 0.1) is 12.7 Å². The number of hydrogen-bond donors (Lipinski definition) is 0. The van der Waals surface area contributed by atoms with Gasteiger partial charge in [0.1, 0.15) is 5.75 Å². The topological polar surface area (TPSA) is 29.5 Å². The zero-order valence-corrected chi connectivity index (χ0v) is 14.0. The summed E-state index contributed by atoms with van der Waals surface area (Å²) in [4.78, 5) is 14.2. The molecule has 21 heavy (non-hydrogen) atoms. The first kappa shape index (κ1) is 15.6. The van der Waals surface area contributed by atoms with E-state index in [2.05, 4.69) is 28.1 Å². The van der Waals surface area contributed by atoms with Crippen molar-refractivity contribution < 1.29 is 9.53 Å². The molecule has 0 bridgehead atoms. The fourth-order valence-electron chi connectivity index (χ4n) is 2.04. The van der Waals surface area contributed by atoms with Crippen molar-refractivity contribution in [2.45, 2.75) is 13.5 Å². The van der Waals surface area contributed by atoms with Gasteiger partial charge in [-0.2, -0.15) is 0 Å².